The highest BCUT2D eigenvalue weighted by atomic mass is 19.4. The number of nitrogen functional groups attached to an aromatic ring is 1. The zero-order valence-corrected chi connectivity index (χ0v) is 22.1. The van der Waals surface area contributed by atoms with Gasteiger partial charge in [0.15, 0.2) is 0 Å². The summed E-state index contributed by atoms with van der Waals surface area (Å²) in [5.74, 6) is 5.72. The number of aryl methyl sites for hydroxylation is 1. The number of nitrogens with zero attached hydrogens (tertiary/aromatic N) is 4. The number of benzene rings is 2. The minimum absolute atomic E-state index is 0.0664. The molecule has 4 N–H and O–H groups in total. The molecule has 0 saturated carbocycles. The molecular weight excluding hydrogens is 519 g/mol. The summed E-state index contributed by atoms with van der Waals surface area (Å²) in [7, 11) is 1.99. The molecule has 4 aromatic rings. The SMILES string of the molecule is Cc1ccc(C(=O)Nc2ccc(CN3CCN(C)CC3)c(C(F)(F)F)c2)cc1C#Cc1c(N)ncc2[nH]cnc12. The maximum atomic E-state index is 14.0. The number of rotatable bonds is 4. The number of fused-ring (bicyclic) bond motifs is 1. The number of aromatic amines is 1. The molecule has 0 radical (unpaired) electrons. The van der Waals surface area contributed by atoms with Crippen molar-refractivity contribution in [1.29, 1.82) is 0 Å². The molecule has 3 heterocycles. The molecule has 0 atom stereocenters. The van der Waals surface area contributed by atoms with Crippen molar-refractivity contribution in [2.75, 3.05) is 44.3 Å². The van der Waals surface area contributed by atoms with Gasteiger partial charge in [0, 0.05) is 49.5 Å². The first-order valence-electron chi connectivity index (χ1n) is 12.7. The standard InChI is InChI=1S/C29H28F3N7O/c1-18-3-4-20(13-19(18)6-8-23-26-25(35-17-36-26)15-34-27(23)33)28(40)37-22-7-5-21(24(14-22)29(30,31)32)16-39-11-9-38(2)10-12-39/h3-5,7,13-15,17H,9-12,16H2,1-2H3,(H2,33,34)(H,35,36)(H,37,40). The first-order valence-corrected chi connectivity index (χ1v) is 12.7. The maximum absolute atomic E-state index is 14.0. The first-order chi connectivity index (χ1) is 19.1. The highest BCUT2D eigenvalue weighted by Crippen LogP contribution is 2.35. The summed E-state index contributed by atoms with van der Waals surface area (Å²) in [5, 5.41) is 2.61. The van der Waals surface area contributed by atoms with E-state index in [-0.39, 0.29) is 29.2 Å². The number of carbonyl (C=O) groups is 1. The highest BCUT2D eigenvalue weighted by Gasteiger charge is 2.34. The monoisotopic (exact) mass is 547 g/mol. The van der Waals surface area contributed by atoms with E-state index in [4.69, 9.17) is 5.73 Å². The minimum Gasteiger partial charge on any atom is -0.383 e. The van der Waals surface area contributed by atoms with Crippen LogP contribution in [0.5, 0.6) is 0 Å². The quantitative estimate of drug-likeness (QED) is 0.330. The van der Waals surface area contributed by atoms with Gasteiger partial charge in [-0.25, -0.2) is 9.97 Å². The van der Waals surface area contributed by atoms with Crippen molar-refractivity contribution < 1.29 is 18.0 Å². The normalized spacial score (nSPS) is 14.6. The van der Waals surface area contributed by atoms with Crippen molar-refractivity contribution in [3.8, 4) is 11.8 Å². The van der Waals surface area contributed by atoms with Crippen LogP contribution in [0.3, 0.4) is 0 Å². The smallest absolute Gasteiger partial charge is 0.383 e. The van der Waals surface area contributed by atoms with Crippen LogP contribution in [0.25, 0.3) is 11.0 Å². The average molecular weight is 548 g/mol. The molecule has 0 spiro atoms. The number of alkyl halides is 3. The van der Waals surface area contributed by atoms with Crippen LogP contribution in [0.15, 0.2) is 48.9 Å². The number of aromatic nitrogens is 3. The second-order valence-corrected chi connectivity index (χ2v) is 9.87. The lowest BCUT2D eigenvalue weighted by molar-refractivity contribution is -0.138. The molecule has 1 fully saturated rings. The fourth-order valence-corrected chi connectivity index (χ4v) is 4.58. The molecule has 1 saturated heterocycles. The Labute approximate surface area is 229 Å². The molecule has 8 nitrogen and oxygen atoms in total. The van der Waals surface area contributed by atoms with E-state index >= 15 is 0 Å². The molecule has 1 amide bonds. The van der Waals surface area contributed by atoms with Gasteiger partial charge in [-0.15, -0.1) is 0 Å². The number of H-pyrrole nitrogens is 1. The van der Waals surface area contributed by atoms with Gasteiger partial charge in [0.25, 0.3) is 5.91 Å². The van der Waals surface area contributed by atoms with Gasteiger partial charge in [-0.05, 0) is 49.4 Å². The summed E-state index contributed by atoms with van der Waals surface area (Å²) in [6.45, 7) is 5.05. The van der Waals surface area contributed by atoms with E-state index in [1.165, 1.54) is 18.5 Å². The second-order valence-electron chi connectivity index (χ2n) is 9.87. The number of piperazine rings is 1. The van der Waals surface area contributed by atoms with Crippen LogP contribution >= 0.6 is 0 Å². The van der Waals surface area contributed by atoms with Crippen molar-refractivity contribution in [3.05, 3.63) is 82.3 Å². The zero-order chi connectivity index (χ0) is 28.4. The summed E-state index contributed by atoms with van der Waals surface area (Å²) >= 11 is 0. The maximum Gasteiger partial charge on any atom is 0.416 e. The van der Waals surface area contributed by atoms with Gasteiger partial charge in [0.1, 0.15) is 11.3 Å². The van der Waals surface area contributed by atoms with E-state index in [9.17, 15) is 18.0 Å². The van der Waals surface area contributed by atoms with Crippen molar-refractivity contribution in [1.82, 2.24) is 24.8 Å². The highest BCUT2D eigenvalue weighted by molar-refractivity contribution is 6.04. The van der Waals surface area contributed by atoms with Crippen molar-refractivity contribution >= 4 is 28.4 Å². The molecule has 2 aromatic heterocycles. The van der Waals surface area contributed by atoms with Crippen LogP contribution in [-0.4, -0.2) is 63.9 Å². The lowest BCUT2D eigenvalue weighted by atomic mass is 10.0. The van der Waals surface area contributed by atoms with Crippen molar-refractivity contribution in [2.45, 2.75) is 19.6 Å². The Hall–Kier alpha value is -4.40. The molecule has 1 aliphatic rings. The number of hydrogen-bond donors (Lipinski definition) is 3. The Morgan fingerprint density at radius 1 is 1.10 bits per heavy atom. The third kappa shape index (κ3) is 5.93. The molecule has 11 heteroatoms. The van der Waals surface area contributed by atoms with Crippen LogP contribution in [0, 0.1) is 18.8 Å². The Bertz CT molecular complexity index is 1630. The summed E-state index contributed by atoms with van der Waals surface area (Å²) in [4.78, 5) is 28.5. The lowest BCUT2D eigenvalue weighted by Gasteiger charge is -2.33. The van der Waals surface area contributed by atoms with Gasteiger partial charge in [0.2, 0.25) is 0 Å². The van der Waals surface area contributed by atoms with E-state index in [0.717, 1.165) is 24.7 Å². The van der Waals surface area contributed by atoms with Crippen LogP contribution in [0.2, 0.25) is 0 Å². The number of hydrogen-bond acceptors (Lipinski definition) is 6. The van der Waals surface area contributed by atoms with E-state index in [2.05, 4.69) is 37.0 Å². The summed E-state index contributed by atoms with van der Waals surface area (Å²) in [6.07, 6.45) is -1.46. The van der Waals surface area contributed by atoms with Gasteiger partial charge in [0.05, 0.1) is 29.2 Å². The Morgan fingerprint density at radius 3 is 2.62 bits per heavy atom. The first kappa shape index (κ1) is 27.2. The largest absolute Gasteiger partial charge is 0.416 e. The lowest BCUT2D eigenvalue weighted by Crippen LogP contribution is -2.44. The molecule has 206 valence electrons. The van der Waals surface area contributed by atoms with Gasteiger partial charge >= 0.3 is 6.18 Å². The van der Waals surface area contributed by atoms with Crippen LogP contribution < -0.4 is 11.1 Å². The predicted molar refractivity (Wildman–Crippen MR) is 148 cm³/mol. The third-order valence-electron chi connectivity index (χ3n) is 6.98. The minimum atomic E-state index is -4.55. The van der Waals surface area contributed by atoms with Gasteiger partial charge in [-0.3, -0.25) is 9.69 Å². The number of nitrogens with one attached hydrogen (secondary N) is 2. The molecule has 1 aliphatic heterocycles. The summed E-state index contributed by atoms with van der Waals surface area (Å²) in [5.41, 5.74) is 8.89. The fraction of sp³-hybridized carbons (Fsp3) is 0.276. The van der Waals surface area contributed by atoms with E-state index in [1.54, 1.807) is 24.4 Å². The number of likely N-dealkylation sites (N-methyl/N-ethyl adjacent to an activating group) is 1. The molecule has 0 unspecified atom stereocenters. The number of anilines is 2. The summed E-state index contributed by atoms with van der Waals surface area (Å²) in [6, 6.07) is 8.88. The van der Waals surface area contributed by atoms with E-state index in [1.807, 2.05) is 18.9 Å². The molecule has 0 aliphatic carbocycles. The van der Waals surface area contributed by atoms with Crippen molar-refractivity contribution in [3.63, 3.8) is 0 Å². The van der Waals surface area contributed by atoms with Crippen LogP contribution in [0.1, 0.15) is 38.2 Å². The number of carbonyl (C=O) groups excluding carboxylic acids is 1. The molecule has 0 bridgehead atoms. The zero-order valence-electron chi connectivity index (χ0n) is 22.1. The molecular formula is C29H28F3N7O. The molecule has 2 aromatic carbocycles. The van der Waals surface area contributed by atoms with Gasteiger partial charge < -0.3 is 20.9 Å². The average Bonchev–Trinajstić information content (AvgIpc) is 3.39. The van der Waals surface area contributed by atoms with Gasteiger partial charge in [-0.1, -0.05) is 24.0 Å². The van der Waals surface area contributed by atoms with Gasteiger partial charge in [-0.2, -0.15) is 13.2 Å². The number of nitrogens with two attached hydrogens (primary N) is 1. The Kier molecular flexibility index (Phi) is 7.47. The van der Waals surface area contributed by atoms with E-state index < -0.39 is 17.6 Å². The molecule has 40 heavy (non-hydrogen) atoms. The number of amides is 1. The number of halogens is 3. The Balaban J connectivity index is 1.37. The number of pyridine rings is 1. The summed E-state index contributed by atoms with van der Waals surface area (Å²) < 4.78 is 41.9. The van der Waals surface area contributed by atoms with Crippen LogP contribution in [0.4, 0.5) is 24.7 Å². The Morgan fingerprint density at radius 2 is 1.88 bits per heavy atom. The number of imidazole rings is 1. The topological polar surface area (TPSA) is 103 Å². The van der Waals surface area contributed by atoms with Crippen LogP contribution in [-0.2, 0) is 12.7 Å². The predicted octanol–water partition coefficient (Wildman–Crippen LogP) is 4.27. The molecule has 5 rings (SSSR count). The van der Waals surface area contributed by atoms with E-state index in [0.29, 0.717) is 35.2 Å². The van der Waals surface area contributed by atoms with Crippen molar-refractivity contribution in [2.24, 2.45) is 0 Å². The second kappa shape index (κ2) is 11.0. The third-order valence-corrected chi connectivity index (χ3v) is 6.98. The fourth-order valence-electron chi connectivity index (χ4n) is 4.58.